The topological polar surface area (TPSA) is 91.2 Å². The second-order valence-corrected chi connectivity index (χ2v) is 6.73. The molecule has 2 aromatic rings. The lowest BCUT2D eigenvalue weighted by Gasteiger charge is -2.25. The second-order valence-electron chi connectivity index (χ2n) is 5.73. The minimum absolute atomic E-state index is 0.295. The van der Waals surface area contributed by atoms with Crippen LogP contribution in [0.1, 0.15) is 45.9 Å². The number of methoxy groups -OCH3 is 1. The largest absolute Gasteiger partial charge is 0.465 e. The molecular weight excluding hydrogens is 318 g/mol. The summed E-state index contributed by atoms with van der Waals surface area (Å²) in [5.41, 5.74) is 1.69. The molecule has 8 nitrogen and oxygen atoms in total. The summed E-state index contributed by atoms with van der Waals surface area (Å²) in [6.45, 7) is 1.90. The van der Waals surface area contributed by atoms with E-state index >= 15 is 0 Å². The summed E-state index contributed by atoms with van der Waals surface area (Å²) in [6.07, 6.45) is 4.09. The van der Waals surface area contributed by atoms with Crippen molar-refractivity contribution in [2.75, 3.05) is 25.6 Å². The van der Waals surface area contributed by atoms with Crippen molar-refractivity contribution in [1.82, 2.24) is 20.0 Å². The van der Waals surface area contributed by atoms with Crippen LogP contribution in [0.4, 0.5) is 5.13 Å². The Morgan fingerprint density at radius 2 is 2.35 bits per heavy atom. The monoisotopic (exact) mass is 335 g/mol. The Balaban J connectivity index is 1.44. The van der Waals surface area contributed by atoms with Gasteiger partial charge in [0.1, 0.15) is 16.6 Å². The molecule has 1 N–H and O–H groups in total. The molecule has 1 aliphatic heterocycles. The third-order valence-electron chi connectivity index (χ3n) is 3.96. The Kier molecular flexibility index (Phi) is 3.74. The van der Waals surface area contributed by atoms with E-state index in [1.807, 2.05) is 10.9 Å². The SMILES string of the molecule is COC(=O)c1sc(NCc2cn(C3COC3)nn2)nc1C1CC1. The number of ether oxygens (including phenoxy) is 2. The van der Waals surface area contributed by atoms with Gasteiger partial charge in [0.05, 0.1) is 38.8 Å². The van der Waals surface area contributed by atoms with Gasteiger partial charge >= 0.3 is 5.97 Å². The van der Waals surface area contributed by atoms with Gasteiger partial charge in [-0.2, -0.15) is 0 Å². The average molecular weight is 335 g/mol. The van der Waals surface area contributed by atoms with Crippen LogP contribution in [0.3, 0.4) is 0 Å². The van der Waals surface area contributed by atoms with E-state index in [1.54, 1.807) is 0 Å². The molecule has 3 heterocycles. The lowest BCUT2D eigenvalue weighted by atomic mass is 10.2. The molecule has 0 bridgehead atoms. The molecule has 2 aromatic heterocycles. The molecule has 9 heteroatoms. The van der Waals surface area contributed by atoms with Crippen molar-refractivity contribution in [3.05, 3.63) is 22.5 Å². The molecular formula is C14H17N5O3S. The van der Waals surface area contributed by atoms with Crippen LogP contribution in [0.2, 0.25) is 0 Å². The molecule has 122 valence electrons. The third kappa shape index (κ3) is 2.93. The van der Waals surface area contributed by atoms with Gasteiger partial charge < -0.3 is 14.8 Å². The molecule has 2 aliphatic rings. The lowest BCUT2D eigenvalue weighted by Crippen LogP contribution is -2.30. The molecule has 4 rings (SSSR count). The predicted octanol–water partition coefficient (Wildman–Crippen LogP) is 1.58. The van der Waals surface area contributed by atoms with Gasteiger partial charge in [0, 0.05) is 5.92 Å². The average Bonchev–Trinajstić information content (AvgIpc) is 3.10. The van der Waals surface area contributed by atoms with Crippen molar-refractivity contribution in [3.63, 3.8) is 0 Å². The Morgan fingerprint density at radius 1 is 1.52 bits per heavy atom. The molecule has 0 spiro atoms. The van der Waals surface area contributed by atoms with Gasteiger partial charge in [0.25, 0.3) is 0 Å². The summed E-state index contributed by atoms with van der Waals surface area (Å²) in [5.74, 6) is 0.0868. The maximum Gasteiger partial charge on any atom is 0.350 e. The van der Waals surface area contributed by atoms with E-state index in [9.17, 15) is 4.79 Å². The highest BCUT2D eigenvalue weighted by atomic mass is 32.1. The van der Waals surface area contributed by atoms with Crippen molar-refractivity contribution >= 4 is 22.4 Å². The number of hydrogen-bond acceptors (Lipinski definition) is 8. The number of hydrogen-bond donors (Lipinski definition) is 1. The fourth-order valence-electron chi connectivity index (χ4n) is 2.39. The molecule has 23 heavy (non-hydrogen) atoms. The Bertz CT molecular complexity index is 720. The van der Waals surface area contributed by atoms with Gasteiger partial charge in [-0.1, -0.05) is 16.6 Å². The first-order chi connectivity index (χ1) is 11.2. The minimum atomic E-state index is -0.312. The minimum Gasteiger partial charge on any atom is -0.465 e. The number of nitrogens with zero attached hydrogens (tertiary/aromatic N) is 4. The van der Waals surface area contributed by atoms with Crippen molar-refractivity contribution in [2.45, 2.75) is 31.3 Å². The van der Waals surface area contributed by atoms with Crippen LogP contribution in [0.5, 0.6) is 0 Å². The number of nitrogens with one attached hydrogen (secondary N) is 1. The van der Waals surface area contributed by atoms with Crippen LogP contribution >= 0.6 is 11.3 Å². The molecule has 1 saturated heterocycles. The van der Waals surface area contributed by atoms with Crippen LogP contribution in [-0.2, 0) is 16.0 Å². The first kappa shape index (κ1) is 14.6. The van der Waals surface area contributed by atoms with E-state index in [-0.39, 0.29) is 5.97 Å². The summed E-state index contributed by atoms with van der Waals surface area (Å²) >= 11 is 1.34. The summed E-state index contributed by atoms with van der Waals surface area (Å²) < 4.78 is 11.8. The first-order valence-corrected chi connectivity index (χ1v) is 8.37. The Hall–Kier alpha value is -2.00. The van der Waals surface area contributed by atoms with Crippen molar-refractivity contribution < 1.29 is 14.3 Å². The Morgan fingerprint density at radius 3 is 3.00 bits per heavy atom. The molecule has 1 saturated carbocycles. The highest BCUT2D eigenvalue weighted by Crippen LogP contribution is 2.43. The summed E-state index contributed by atoms with van der Waals surface area (Å²) in [5, 5.41) is 12.2. The second kappa shape index (κ2) is 5.89. The van der Waals surface area contributed by atoms with Crippen molar-refractivity contribution in [1.29, 1.82) is 0 Å². The standard InChI is InChI=1S/C14H17N5O3S/c1-21-13(20)12-11(8-2-3-8)16-14(23-12)15-4-9-5-19(18-17-9)10-6-22-7-10/h5,8,10H,2-4,6-7H2,1H3,(H,15,16). The van der Waals surface area contributed by atoms with Gasteiger partial charge in [-0.05, 0) is 12.8 Å². The van der Waals surface area contributed by atoms with Gasteiger partial charge in [0.2, 0.25) is 0 Å². The van der Waals surface area contributed by atoms with Crippen molar-refractivity contribution in [2.24, 2.45) is 0 Å². The van der Waals surface area contributed by atoms with Crippen LogP contribution < -0.4 is 5.32 Å². The fraction of sp³-hybridized carbons (Fsp3) is 0.571. The molecule has 0 atom stereocenters. The van der Waals surface area contributed by atoms with Gasteiger partial charge in [-0.25, -0.2) is 14.5 Å². The third-order valence-corrected chi connectivity index (χ3v) is 4.97. The van der Waals surface area contributed by atoms with E-state index in [0.29, 0.717) is 41.7 Å². The zero-order chi connectivity index (χ0) is 15.8. The van der Waals surface area contributed by atoms with E-state index in [4.69, 9.17) is 9.47 Å². The van der Waals surface area contributed by atoms with Crippen LogP contribution in [0.25, 0.3) is 0 Å². The van der Waals surface area contributed by atoms with Gasteiger partial charge in [0.15, 0.2) is 5.13 Å². The van der Waals surface area contributed by atoms with E-state index in [2.05, 4.69) is 20.6 Å². The van der Waals surface area contributed by atoms with E-state index in [1.165, 1.54) is 18.4 Å². The molecule has 2 fully saturated rings. The van der Waals surface area contributed by atoms with Crippen molar-refractivity contribution in [3.8, 4) is 0 Å². The number of anilines is 1. The molecule has 0 amide bonds. The maximum atomic E-state index is 11.9. The maximum absolute atomic E-state index is 11.9. The summed E-state index contributed by atoms with van der Waals surface area (Å²) in [6, 6.07) is 0.295. The number of carbonyl (C=O) groups excluding carboxylic acids is 1. The Labute approximate surface area is 136 Å². The summed E-state index contributed by atoms with van der Waals surface area (Å²) in [7, 11) is 1.40. The number of esters is 1. The normalized spacial score (nSPS) is 17.8. The predicted molar refractivity (Wildman–Crippen MR) is 82.6 cm³/mol. The molecule has 0 radical (unpaired) electrons. The highest BCUT2D eigenvalue weighted by Gasteiger charge is 2.32. The van der Waals surface area contributed by atoms with E-state index in [0.717, 1.165) is 24.2 Å². The number of aromatic nitrogens is 4. The smallest absolute Gasteiger partial charge is 0.350 e. The molecule has 1 aliphatic carbocycles. The van der Waals surface area contributed by atoms with Gasteiger partial charge in [-0.15, -0.1) is 5.10 Å². The molecule has 0 unspecified atom stereocenters. The highest BCUT2D eigenvalue weighted by molar-refractivity contribution is 7.17. The van der Waals surface area contributed by atoms with Crippen LogP contribution in [0, 0.1) is 0 Å². The number of rotatable bonds is 6. The zero-order valence-electron chi connectivity index (χ0n) is 12.7. The lowest BCUT2D eigenvalue weighted by molar-refractivity contribution is -0.0293. The quantitative estimate of drug-likeness (QED) is 0.801. The zero-order valence-corrected chi connectivity index (χ0v) is 13.5. The first-order valence-electron chi connectivity index (χ1n) is 7.56. The fourth-order valence-corrected chi connectivity index (χ4v) is 3.36. The number of thiazole rings is 1. The summed E-state index contributed by atoms with van der Waals surface area (Å²) in [4.78, 5) is 17.0. The molecule has 0 aromatic carbocycles. The van der Waals surface area contributed by atoms with Gasteiger partial charge in [-0.3, -0.25) is 0 Å². The van der Waals surface area contributed by atoms with E-state index < -0.39 is 0 Å². The number of carbonyl (C=O) groups is 1. The van der Waals surface area contributed by atoms with Crippen LogP contribution in [-0.4, -0.2) is 46.3 Å². The van der Waals surface area contributed by atoms with Crippen LogP contribution in [0.15, 0.2) is 6.20 Å².